The Hall–Kier alpha value is -0.900. The van der Waals surface area contributed by atoms with Gasteiger partial charge < -0.3 is 5.11 Å². The number of aliphatic hydroxyl groups is 1. The van der Waals surface area contributed by atoms with Crippen molar-refractivity contribution in [3.05, 3.63) is 11.6 Å². The Morgan fingerprint density at radius 2 is 2.07 bits per heavy atom. The summed E-state index contributed by atoms with van der Waals surface area (Å²) in [5.41, 5.74) is 0. The van der Waals surface area contributed by atoms with Crippen molar-refractivity contribution in [2.24, 2.45) is 0 Å². The van der Waals surface area contributed by atoms with Crippen molar-refractivity contribution in [2.45, 2.75) is 52.7 Å². The Bertz CT molecular complexity index is 281. The number of hydrogen-bond acceptors (Lipinski definition) is 3. The lowest BCUT2D eigenvalue weighted by molar-refractivity contribution is 0.175. The minimum absolute atomic E-state index is 0.269. The standard InChI is InChI=1S/C10H19N3O/c1-4-9-11-10(5-2)13(12-9)7-6-8(3)14/h8,14H,4-7H2,1-3H3. The molecule has 1 rings (SSSR count). The molecule has 1 aromatic heterocycles. The SMILES string of the molecule is CCc1nc(CC)n(CCC(C)O)n1. The number of rotatable bonds is 5. The lowest BCUT2D eigenvalue weighted by Gasteiger charge is -2.05. The number of nitrogens with zero attached hydrogens (tertiary/aromatic N) is 3. The first-order chi connectivity index (χ1) is 6.67. The summed E-state index contributed by atoms with van der Waals surface area (Å²) in [4.78, 5) is 4.40. The Labute approximate surface area is 85.0 Å². The molecule has 1 atom stereocenters. The third-order valence-electron chi connectivity index (χ3n) is 2.18. The highest BCUT2D eigenvalue weighted by atomic mass is 16.3. The normalized spacial score (nSPS) is 13.1. The highest BCUT2D eigenvalue weighted by molar-refractivity contribution is 4.92. The van der Waals surface area contributed by atoms with Gasteiger partial charge in [-0.25, -0.2) is 9.67 Å². The minimum atomic E-state index is -0.269. The molecule has 1 N–H and O–H groups in total. The van der Waals surface area contributed by atoms with E-state index in [0.717, 1.165) is 37.5 Å². The molecule has 4 heteroatoms. The van der Waals surface area contributed by atoms with E-state index < -0.39 is 0 Å². The molecular formula is C10H19N3O. The van der Waals surface area contributed by atoms with E-state index >= 15 is 0 Å². The Morgan fingerprint density at radius 1 is 1.36 bits per heavy atom. The third kappa shape index (κ3) is 2.80. The van der Waals surface area contributed by atoms with E-state index in [4.69, 9.17) is 0 Å². The molecule has 14 heavy (non-hydrogen) atoms. The predicted molar refractivity (Wildman–Crippen MR) is 55.1 cm³/mol. The fourth-order valence-electron chi connectivity index (χ4n) is 1.33. The van der Waals surface area contributed by atoms with E-state index in [1.54, 1.807) is 6.92 Å². The summed E-state index contributed by atoms with van der Waals surface area (Å²) in [7, 11) is 0. The molecule has 0 fully saturated rings. The van der Waals surface area contributed by atoms with E-state index in [9.17, 15) is 5.11 Å². The zero-order chi connectivity index (χ0) is 10.6. The highest BCUT2D eigenvalue weighted by Crippen LogP contribution is 2.03. The average molecular weight is 197 g/mol. The van der Waals surface area contributed by atoms with Crippen LogP contribution in [0.4, 0.5) is 0 Å². The first kappa shape index (κ1) is 11.2. The summed E-state index contributed by atoms with van der Waals surface area (Å²) in [5.74, 6) is 1.91. The van der Waals surface area contributed by atoms with Gasteiger partial charge in [-0.05, 0) is 13.3 Å². The summed E-state index contributed by atoms with van der Waals surface area (Å²) >= 11 is 0. The van der Waals surface area contributed by atoms with Gasteiger partial charge in [0.1, 0.15) is 5.82 Å². The van der Waals surface area contributed by atoms with Crippen LogP contribution < -0.4 is 0 Å². The van der Waals surface area contributed by atoms with Crippen molar-refractivity contribution in [2.75, 3.05) is 0 Å². The van der Waals surface area contributed by atoms with Gasteiger partial charge in [-0.2, -0.15) is 5.10 Å². The van der Waals surface area contributed by atoms with Crippen molar-refractivity contribution < 1.29 is 5.11 Å². The maximum atomic E-state index is 9.18. The van der Waals surface area contributed by atoms with Gasteiger partial charge in [0.2, 0.25) is 0 Å². The molecule has 0 saturated heterocycles. The molecule has 0 radical (unpaired) electrons. The maximum absolute atomic E-state index is 9.18. The molecule has 0 aliphatic rings. The van der Waals surface area contributed by atoms with Crippen molar-refractivity contribution >= 4 is 0 Å². The monoisotopic (exact) mass is 197 g/mol. The van der Waals surface area contributed by atoms with Gasteiger partial charge in [0, 0.05) is 19.4 Å². The summed E-state index contributed by atoms with van der Waals surface area (Å²) in [6, 6.07) is 0. The van der Waals surface area contributed by atoms with E-state index in [-0.39, 0.29) is 6.10 Å². The average Bonchev–Trinajstić information content (AvgIpc) is 2.57. The molecule has 1 aromatic rings. The first-order valence-corrected chi connectivity index (χ1v) is 5.28. The van der Waals surface area contributed by atoms with E-state index in [0.29, 0.717) is 0 Å². The van der Waals surface area contributed by atoms with Crippen molar-refractivity contribution in [1.82, 2.24) is 14.8 Å². The van der Waals surface area contributed by atoms with E-state index in [1.165, 1.54) is 0 Å². The van der Waals surface area contributed by atoms with Crippen LogP contribution in [-0.4, -0.2) is 26.0 Å². The molecule has 0 aliphatic heterocycles. The summed E-state index contributed by atoms with van der Waals surface area (Å²) < 4.78 is 1.91. The second kappa shape index (κ2) is 5.10. The van der Waals surface area contributed by atoms with Crippen LogP contribution in [0, 0.1) is 0 Å². The third-order valence-corrected chi connectivity index (χ3v) is 2.18. The molecule has 0 spiro atoms. The zero-order valence-electron chi connectivity index (χ0n) is 9.19. The quantitative estimate of drug-likeness (QED) is 0.771. The zero-order valence-corrected chi connectivity index (χ0v) is 9.19. The van der Waals surface area contributed by atoms with Gasteiger partial charge in [0.25, 0.3) is 0 Å². The topological polar surface area (TPSA) is 50.9 Å². The van der Waals surface area contributed by atoms with Crippen molar-refractivity contribution in [3.8, 4) is 0 Å². The van der Waals surface area contributed by atoms with Gasteiger partial charge in [0.05, 0.1) is 6.10 Å². The van der Waals surface area contributed by atoms with Gasteiger partial charge in [0.15, 0.2) is 5.82 Å². The lowest BCUT2D eigenvalue weighted by Crippen LogP contribution is -2.10. The molecule has 0 aliphatic carbocycles. The number of aryl methyl sites for hydroxylation is 3. The Morgan fingerprint density at radius 3 is 2.57 bits per heavy atom. The lowest BCUT2D eigenvalue weighted by atomic mass is 10.3. The molecule has 4 nitrogen and oxygen atoms in total. The van der Waals surface area contributed by atoms with Crippen LogP contribution in [0.15, 0.2) is 0 Å². The number of aliphatic hydroxyl groups excluding tert-OH is 1. The maximum Gasteiger partial charge on any atom is 0.150 e. The largest absolute Gasteiger partial charge is 0.393 e. The number of aromatic nitrogens is 3. The molecule has 0 saturated carbocycles. The number of hydrogen-bond donors (Lipinski definition) is 1. The van der Waals surface area contributed by atoms with Crippen molar-refractivity contribution in [3.63, 3.8) is 0 Å². The van der Waals surface area contributed by atoms with E-state index in [2.05, 4.69) is 17.0 Å². The van der Waals surface area contributed by atoms with Gasteiger partial charge >= 0.3 is 0 Å². The fraction of sp³-hybridized carbons (Fsp3) is 0.800. The Kier molecular flexibility index (Phi) is 4.07. The summed E-state index contributed by atoms with van der Waals surface area (Å²) in [5, 5.41) is 13.5. The molecule has 0 amide bonds. The molecule has 1 unspecified atom stereocenters. The van der Waals surface area contributed by atoms with Crippen LogP contribution in [0.3, 0.4) is 0 Å². The second-order valence-electron chi connectivity index (χ2n) is 3.51. The van der Waals surface area contributed by atoms with Crippen LogP contribution in [0.1, 0.15) is 38.8 Å². The second-order valence-corrected chi connectivity index (χ2v) is 3.51. The highest BCUT2D eigenvalue weighted by Gasteiger charge is 2.07. The van der Waals surface area contributed by atoms with Gasteiger partial charge in [-0.15, -0.1) is 0 Å². The Balaban J connectivity index is 2.68. The summed E-state index contributed by atoms with van der Waals surface area (Å²) in [6.07, 6.45) is 2.23. The van der Waals surface area contributed by atoms with Gasteiger partial charge in [-0.3, -0.25) is 0 Å². The van der Waals surface area contributed by atoms with Crippen LogP contribution in [0.5, 0.6) is 0 Å². The fourth-order valence-corrected chi connectivity index (χ4v) is 1.33. The smallest absolute Gasteiger partial charge is 0.150 e. The molecule has 1 heterocycles. The predicted octanol–water partition coefficient (Wildman–Crippen LogP) is 1.17. The van der Waals surface area contributed by atoms with Crippen LogP contribution >= 0.6 is 0 Å². The van der Waals surface area contributed by atoms with Gasteiger partial charge in [-0.1, -0.05) is 13.8 Å². The van der Waals surface area contributed by atoms with Crippen molar-refractivity contribution in [1.29, 1.82) is 0 Å². The molecule has 80 valence electrons. The summed E-state index contributed by atoms with van der Waals surface area (Å²) in [6.45, 7) is 6.67. The van der Waals surface area contributed by atoms with Crippen LogP contribution in [0.25, 0.3) is 0 Å². The van der Waals surface area contributed by atoms with Crippen LogP contribution in [-0.2, 0) is 19.4 Å². The molecule has 0 aromatic carbocycles. The van der Waals surface area contributed by atoms with Crippen LogP contribution in [0.2, 0.25) is 0 Å². The molecule has 0 bridgehead atoms. The minimum Gasteiger partial charge on any atom is -0.393 e. The molecular weight excluding hydrogens is 178 g/mol. The first-order valence-electron chi connectivity index (χ1n) is 5.28. The van der Waals surface area contributed by atoms with E-state index in [1.807, 2.05) is 11.6 Å².